The average molecular weight is 331 g/mol. The number of benzene rings is 2. The van der Waals surface area contributed by atoms with Gasteiger partial charge in [0.1, 0.15) is 11.6 Å². The summed E-state index contributed by atoms with van der Waals surface area (Å²) >= 11 is 0. The van der Waals surface area contributed by atoms with Gasteiger partial charge < -0.3 is 14.8 Å². The van der Waals surface area contributed by atoms with E-state index in [0.717, 1.165) is 17.4 Å². The standard InChI is InChI=1S/C18H18FNO4/c1-12(13-6-8-16(23-2)9-7-13)20-17(21)11-24-18(22)14-4-3-5-15(19)10-14/h3-10,12H,11H2,1-2H3,(H,20,21)/t12-/m1/s1. The fourth-order valence-electron chi connectivity index (χ4n) is 2.09. The Bertz CT molecular complexity index is 715. The minimum atomic E-state index is -0.748. The molecule has 0 unspecified atom stereocenters. The van der Waals surface area contributed by atoms with E-state index in [2.05, 4.69) is 5.32 Å². The van der Waals surface area contributed by atoms with Crippen LogP contribution in [-0.4, -0.2) is 25.6 Å². The molecule has 24 heavy (non-hydrogen) atoms. The molecule has 2 aromatic rings. The Kier molecular flexibility index (Phi) is 5.89. The van der Waals surface area contributed by atoms with Gasteiger partial charge in [-0.25, -0.2) is 9.18 Å². The zero-order valence-electron chi connectivity index (χ0n) is 13.4. The smallest absolute Gasteiger partial charge is 0.338 e. The highest BCUT2D eigenvalue weighted by Gasteiger charge is 2.13. The second-order valence-electron chi connectivity index (χ2n) is 5.15. The average Bonchev–Trinajstić information content (AvgIpc) is 2.59. The van der Waals surface area contributed by atoms with Gasteiger partial charge in [0.05, 0.1) is 18.7 Å². The Morgan fingerprint density at radius 1 is 1.17 bits per heavy atom. The van der Waals surface area contributed by atoms with Crippen molar-refractivity contribution in [1.82, 2.24) is 5.32 Å². The number of nitrogens with one attached hydrogen (secondary N) is 1. The molecule has 1 N–H and O–H groups in total. The van der Waals surface area contributed by atoms with Gasteiger partial charge in [0, 0.05) is 0 Å². The van der Waals surface area contributed by atoms with Crippen LogP contribution in [0.1, 0.15) is 28.9 Å². The minimum Gasteiger partial charge on any atom is -0.497 e. The molecule has 0 saturated heterocycles. The minimum absolute atomic E-state index is 0.0611. The number of hydrogen-bond donors (Lipinski definition) is 1. The first kappa shape index (κ1) is 17.5. The fraction of sp³-hybridized carbons (Fsp3) is 0.222. The van der Waals surface area contributed by atoms with Crippen molar-refractivity contribution < 1.29 is 23.5 Å². The van der Waals surface area contributed by atoms with E-state index in [0.29, 0.717) is 0 Å². The lowest BCUT2D eigenvalue weighted by Crippen LogP contribution is -2.31. The van der Waals surface area contributed by atoms with Crippen LogP contribution in [0.2, 0.25) is 0 Å². The molecule has 2 rings (SSSR count). The summed E-state index contributed by atoms with van der Waals surface area (Å²) in [6.45, 7) is 1.38. The summed E-state index contributed by atoms with van der Waals surface area (Å²) in [5.74, 6) is -1.01. The van der Waals surface area contributed by atoms with Crippen molar-refractivity contribution in [2.45, 2.75) is 13.0 Å². The fourth-order valence-corrected chi connectivity index (χ4v) is 2.09. The molecule has 126 valence electrons. The van der Waals surface area contributed by atoms with Crippen molar-refractivity contribution in [3.8, 4) is 5.75 Å². The molecule has 2 aromatic carbocycles. The van der Waals surface area contributed by atoms with Crippen LogP contribution in [0, 0.1) is 5.82 Å². The normalized spacial score (nSPS) is 11.5. The van der Waals surface area contributed by atoms with E-state index in [4.69, 9.17) is 9.47 Å². The van der Waals surface area contributed by atoms with Gasteiger partial charge in [-0.3, -0.25) is 4.79 Å². The van der Waals surface area contributed by atoms with Crippen LogP contribution in [0.15, 0.2) is 48.5 Å². The van der Waals surface area contributed by atoms with Gasteiger partial charge >= 0.3 is 5.97 Å². The van der Waals surface area contributed by atoms with Gasteiger partial charge in [0.25, 0.3) is 5.91 Å². The third-order valence-corrected chi connectivity index (χ3v) is 3.39. The topological polar surface area (TPSA) is 64.6 Å². The van der Waals surface area contributed by atoms with Gasteiger partial charge in [-0.05, 0) is 42.8 Å². The molecule has 0 heterocycles. The van der Waals surface area contributed by atoms with Crippen LogP contribution in [0.3, 0.4) is 0 Å². The van der Waals surface area contributed by atoms with E-state index in [1.807, 2.05) is 19.1 Å². The summed E-state index contributed by atoms with van der Waals surface area (Å²) in [6, 6.07) is 12.1. The SMILES string of the molecule is COc1ccc([C@@H](C)NC(=O)COC(=O)c2cccc(F)c2)cc1. The quantitative estimate of drug-likeness (QED) is 0.827. The second kappa shape index (κ2) is 8.10. The zero-order valence-corrected chi connectivity index (χ0v) is 13.4. The lowest BCUT2D eigenvalue weighted by atomic mass is 10.1. The Morgan fingerprint density at radius 3 is 2.50 bits per heavy atom. The molecule has 0 aliphatic heterocycles. The zero-order chi connectivity index (χ0) is 17.5. The summed E-state index contributed by atoms with van der Waals surface area (Å²) in [5, 5.41) is 2.72. The Labute approximate surface area is 139 Å². The maximum atomic E-state index is 13.0. The van der Waals surface area contributed by atoms with Crippen molar-refractivity contribution in [2.75, 3.05) is 13.7 Å². The van der Waals surface area contributed by atoms with Crippen LogP contribution >= 0.6 is 0 Å². The predicted molar refractivity (Wildman–Crippen MR) is 86.2 cm³/mol. The molecule has 0 aromatic heterocycles. The monoisotopic (exact) mass is 331 g/mol. The highest BCUT2D eigenvalue weighted by atomic mass is 19.1. The highest BCUT2D eigenvalue weighted by molar-refractivity contribution is 5.91. The van der Waals surface area contributed by atoms with Crippen LogP contribution in [0.5, 0.6) is 5.75 Å². The molecule has 0 spiro atoms. The third kappa shape index (κ3) is 4.81. The molecule has 0 aliphatic rings. The maximum absolute atomic E-state index is 13.0. The first-order chi connectivity index (χ1) is 11.5. The van der Waals surface area contributed by atoms with Crippen LogP contribution in [0.4, 0.5) is 4.39 Å². The number of carbonyl (C=O) groups excluding carboxylic acids is 2. The summed E-state index contributed by atoms with van der Waals surface area (Å²) in [5.41, 5.74) is 0.951. The number of rotatable bonds is 6. The molecule has 1 amide bonds. The van der Waals surface area contributed by atoms with Gasteiger partial charge in [-0.15, -0.1) is 0 Å². The molecule has 0 bridgehead atoms. The van der Waals surface area contributed by atoms with Gasteiger partial charge in [-0.2, -0.15) is 0 Å². The van der Waals surface area contributed by atoms with E-state index in [1.54, 1.807) is 19.2 Å². The summed E-state index contributed by atoms with van der Waals surface area (Å²) in [4.78, 5) is 23.6. The molecule has 0 radical (unpaired) electrons. The predicted octanol–water partition coefficient (Wildman–Crippen LogP) is 2.87. The van der Waals surface area contributed by atoms with Crippen molar-refractivity contribution in [1.29, 1.82) is 0 Å². The number of carbonyl (C=O) groups is 2. The van der Waals surface area contributed by atoms with Crippen molar-refractivity contribution in [2.24, 2.45) is 0 Å². The first-order valence-corrected chi connectivity index (χ1v) is 7.35. The van der Waals surface area contributed by atoms with Crippen LogP contribution in [0.25, 0.3) is 0 Å². The van der Waals surface area contributed by atoms with E-state index in [1.165, 1.54) is 18.2 Å². The van der Waals surface area contributed by atoms with Crippen molar-refractivity contribution in [3.63, 3.8) is 0 Å². The molecule has 1 atom stereocenters. The Balaban J connectivity index is 1.85. The third-order valence-electron chi connectivity index (χ3n) is 3.39. The molecular formula is C18H18FNO4. The van der Waals surface area contributed by atoms with E-state index >= 15 is 0 Å². The number of hydrogen-bond acceptors (Lipinski definition) is 4. The lowest BCUT2D eigenvalue weighted by molar-refractivity contribution is -0.124. The van der Waals surface area contributed by atoms with E-state index in [-0.39, 0.29) is 11.6 Å². The molecule has 0 fully saturated rings. The number of halogens is 1. The van der Waals surface area contributed by atoms with Crippen molar-refractivity contribution >= 4 is 11.9 Å². The van der Waals surface area contributed by atoms with Gasteiger partial charge in [0.2, 0.25) is 0 Å². The Hall–Kier alpha value is -2.89. The highest BCUT2D eigenvalue weighted by Crippen LogP contribution is 2.17. The first-order valence-electron chi connectivity index (χ1n) is 7.35. The van der Waals surface area contributed by atoms with Gasteiger partial charge in [-0.1, -0.05) is 18.2 Å². The number of amides is 1. The number of esters is 1. The maximum Gasteiger partial charge on any atom is 0.338 e. The van der Waals surface area contributed by atoms with Crippen LogP contribution < -0.4 is 10.1 Å². The number of methoxy groups -OCH3 is 1. The second-order valence-corrected chi connectivity index (χ2v) is 5.15. The summed E-state index contributed by atoms with van der Waals surface area (Å²) in [7, 11) is 1.58. The molecule has 6 heteroatoms. The van der Waals surface area contributed by atoms with E-state index in [9.17, 15) is 14.0 Å². The molecule has 0 aliphatic carbocycles. The largest absolute Gasteiger partial charge is 0.497 e. The number of ether oxygens (including phenoxy) is 2. The van der Waals surface area contributed by atoms with Crippen LogP contribution in [-0.2, 0) is 9.53 Å². The molecule has 5 nitrogen and oxygen atoms in total. The molecule has 0 saturated carbocycles. The van der Waals surface area contributed by atoms with Crippen molar-refractivity contribution in [3.05, 3.63) is 65.5 Å². The van der Waals surface area contributed by atoms with Gasteiger partial charge in [0.15, 0.2) is 6.61 Å². The summed E-state index contributed by atoms with van der Waals surface area (Å²) < 4.78 is 23.0. The Morgan fingerprint density at radius 2 is 1.88 bits per heavy atom. The van der Waals surface area contributed by atoms with E-state index < -0.39 is 24.3 Å². The lowest BCUT2D eigenvalue weighted by Gasteiger charge is -2.15. The summed E-state index contributed by atoms with van der Waals surface area (Å²) in [6.07, 6.45) is 0. The molecular weight excluding hydrogens is 313 g/mol.